The minimum atomic E-state index is -1.46. The van der Waals surface area contributed by atoms with E-state index in [1.165, 1.54) is 0 Å². The molecule has 0 spiro atoms. The Morgan fingerprint density at radius 2 is 0.775 bits per heavy atom. The van der Waals surface area contributed by atoms with Crippen LogP contribution in [0.2, 0.25) is 0 Å². The highest BCUT2D eigenvalue weighted by Crippen LogP contribution is 2.32. The zero-order valence-corrected chi connectivity index (χ0v) is 22.9. The Hall–Kier alpha value is -4.54. The monoisotopic (exact) mass is 527 g/mol. The molecule has 0 aliphatic heterocycles. The topological polar surface area (TPSA) is 30.9 Å². The molecule has 200 valence electrons. The van der Waals surface area contributed by atoms with E-state index in [0.717, 1.165) is 45.4 Å². The third-order valence-electron chi connectivity index (χ3n) is 7.29. The third-order valence-corrected chi connectivity index (χ3v) is 7.29. The van der Waals surface area contributed by atoms with Crippen LogP contribution in [0, 0.1) is 0 Å². The molecule has 0 unspecified atom stereocenters. The van der Waals surface area contributed by atoms with Gasteiger partial charge >= 0.3 is 5.97 Å². The quantitative estimate of drug-likeness (QED) is 0.167. The fourth-order valence-electron chi connectivity index (χ4n) is 5.11. The largest absolute Gasteiger partial charge is 0.430 e. The molecule has 4 heteroatoms. The summed E-state index contributed by atoms with van der Waals surface area (Å²) < 4.78 is 20.4. The van der Waals surface area contributed by atoms with E-state index in [1.54, 1.807) is 0 Å². The summed E-state index contributed by atoms with van der Waals surface area (Å²) in [6.07, 6.45) is 0. The highest BCUT2D eigenvalue weighted by atomic mass is 16.9. The molecule has 0 bridgehead atoms. The molecular weight excluding hydrogens is 494 g/mol. The molecule has 0 aliphatic carbocycles. The van der Waals surface area contributed by atoms with Gasteiger partial charge in [-0.1, -0.05) is 105 Å². The lowest BCUT2D eigenvalue weighted by Gasteiger charge is -2.37. The number of ether oxygens (including phenoxy) is 3. The van der Waals surface area contributed by atoms with Crippen molar-refractivity contribution in [2.45, 2.75) is 19.8 Å². The van der Waals surface area contributed by atoms with Crippen LogP contribution in [0.25, 0.3) is 32.3 Å². The lowest BCUT2D eigenvalue weighted by atomic mass is 10.1. The second kappa shape index (κ2) is 11.3. The molecule has 0 aromatic heterocycles. The van der Waals surface area contributed by atoms with E-state index in [1.807, 2.05) is 72.8 Å². The summed E-state index contributed by atoms with van der Waals surface area (Å²) >= 11 is 0. The maximum atomic E-state index is 6.79. The van der Waals surface area contributed by atoms with Crippen molar-refractivity contribution in [3.63, 3.8) is 0 Å². The Balaban J connectivity index is 1.46. The van der Waals surface area contributed by atoms with Gasteiger partial charge in [0.05, 0.1) is 0 Å². The molecule has 0 saturated heterocycles. The van der Waals surface area contributed by atoms with Crippen LogP contribution in [0.5, 0.6) is 17.2 Å². The first-order chi connectivity index (χ1) is 19.6. The van der Waals surface area contributed by atoms with Crippen LogP contribution in [-0.2, 0) is 0 Å². The van der Waals surface area contributed by atoms with Crippen molar-refractivity contribution in [1.82, 2.24) is 4.90 Å². The standard InChI is InChI=1S/C36H33NO3/c1-3-37(4-2)26-36(38-33-20-17-27-11-5-8-14-30(27)23-33,39-34-21-18-28-12-6-9-15-31(28)24-34)40-35-22-19-29-13-7-10-16-32(29)25-35/h5-25H,3-4,26H2,1-2H3. The Kier molecular flexibility index (Phi) is 7.26. The summed E-state index contributed by atoms with van der Waals surface area (Å²) in [7, 11) is 0. The lowest BCUT2D eigenvalue weighted by molar-refractivity contribution is -0.260. The molecule has 6 rings (SSSR count). The molecule has 6 aromatic carbocycles. The van der Waals surface area contributed by atoms with Gasteiger partial charge in [0.15, 0.2) is 0 Å². The minimum absolute atomic E-state index is 0.395. The number of likely N-dealkylation sites (N-methyl/N-ethyl adjacent to an activating group) is 1. The smallest absolute Gasteiger partial charge is 0.420 e. The summed E-state index contributed by atoms with van der Waals surface area (Å²) in [5.41, 5.74) is 0. The van der Waals surface area contributed by atoms with Crippen molar-refractivity contribution >= 4 is 32.3 Å². The number of fused-ring (bicyclic) bond motifs is 3. The van der Waals surface area contributed by atoms with Crippen LogP contribution in [0.15, 0.2) is 127 Å². The van der Waals surface area contributed by atoms with E-state index in [-0.39, 0.29) is 0 Å². The van der Waals surface area contributed by atoms with E-state index in [0.29, 0.717) is 23.8 Å². The minimum Gasteiger partial charge on any atom is -0.420 e. The predicted octanol–water partition coefficient (Wildman–Crippen LogP) is 8.68. The molecule has 0 N–H and O–H groups in total. The van der Waals surface area contributed by atoms with Gasteiger partial charge in [0.25, 0.3) is 0 Å². The molecule has 0 atom stereocenters. The molecule has 0 radical (unpaired) electrons. The highest BCUT2D eigenvalue weighted by Gasteiger charge is 2.41. The van der Waals surface area contributed by atoms with Gasteiger partial charge in [0, 0.05) is 0 Å². The van der Waals surface area contributed by atoms with Gasteiger partial charge in [-0.3, -0.25) is 4.90 Å². The zero-order valence-electron chi connectivity index (χ0n) is 22.9. The van der Waals surface area contributed by atoms with Gasteiger partial charge < -0.3 is 14.2 Å². The maximum Gasteiger partial charge on any atom is 0.430 e. The second-order valence-corrected chi connectivity index (χ2v) is 9.98. The SMILES string of the molecule is CCN(CC)CC(Oc1ccc2ccccc2c1)(Oc1ccc2ccccc2c1)Oc1ccc2ccccc2c1. The Bertz CT molecular complexity index is 1560. The van der Waals surface area contributed by atoms with Crippen molar-refractivity contribution in [3.8, 4) is 17.2 Å². The van der Waals surface area contributed by atoms with Gasteiger partial charge in [-0.25, -0.2) is 0 Å². The van der Waals surface area contributed by atoms with E-state index in [9.17, 15) is 0 Å². The molecule has 6 aromatic rings. The first-order valence-corrected chi connectivity index (χ1v) is 13.9. The van der Waals surface area contributed by atoms with Crippen molar-refractivity contribution in [2.75, 3.05) is 19.6 Å². The summed E-state index contributed by atoms with van der Waals surface area (Å²) in [5, 5.41) is 6.72. The molecule has 0 saturated carbocycles. The summed E-state index contributed by atoms with van der Waals surface area (Å²) in [5.74, 6) is 0.562. The van der Waals surface area contributed by atoms with Crippen LogP contribution < -0.4 is 14.2 Å². The highest BCUT2D eigenvalue weighted by molar-refractivity contribution is 5.85. The van der Waals surface area contributed by atoms with Crippen LogP contribution in [0.3, 0.4) is 0 Å². The molecule has 0 aliphatic rings. The van der Waals surface area contributed by atoms with Crippen LogP contribution in [-0.4, -0.2) is 30.5 Å². The molecular formula is C36H33NO3. The molecule has 0 amide bonds. The number of benzene rings is 6. The average Bonchev–Trinajstić information content (AvgIpc) is 2.99. The maximum absolute atomic E-state index is 6.79. The third kappa shape index (κ3) is 5.58. The summed E-state index contributed by atoms with van der Waals surface area (Å²) in [6.45, 7) is 6.31. The van der Waals surface area contributed by atoms with Crippen LogP contribution in [0.1, 0.15) is 13.8 Å². The lowest BCUT2D eigenvalue weighted by Crippen LogP contribution is -2.56. The van der Waals surface area contributed by atoms with E-state index < -0.39 is 5.97 Å². The average molecular weight is 528 g/mol. The van der Waals surface area contributed by atoms with Crippen molar-refractivity contribution < 1.29 is 14.2 Å². The zero-order chi connectivity index (χ0) is 27.4. The predicted molar refractivity (Wildman–Crippen MR) is 164 cm³/mol. The van der Waals surface area contributed by atoms with Crippen molar-refractivity contribution in [2.24, 2.45) is 0 Å². The van der Waals surface area contributed by atoms with Crippen LogP contribution in [0.4, 0.5) is 0 Å². The van der Waals surface area contributed by atoms with E-state index in [4.69, 9.17) is 14.2 Å². The molecule has 0 heterocycles. The summed E-state index contributed by atoms with van der Waals surface area (Å²) in [4.78, 5) is 2.25. The van der Waals surface area contributed by atoms with E-state index >= 15 is 0 Å². The first-order valence-electron chi connectivity index (χ1n) is 13.9. The molecule has 40 heavy (non-hydrogen) atoms. The summed E-state index contributed by atoms with van der Waals surface area (Å²) in [6, 6.07) is 43.0. The van der Waals surface area contributed by atoms with Crippen molar-refractivity contribution in [1.29, 1.82) is 0 Å². The van der Waals surface area contributed by atoms with Gasteiger partial charge in [0.2, 0.25) is 0 Å². The van der Waals surface area contributed by atoms with Crippen LogP contribution >= 0.6 is 0 Å². The molecule has 0 fully saturated rings. The Morgan fingerprint density at radius 3 is 1.10 bits per heavy atom. The van der Waals surface area contributed by atoms with Gasteiger partial charge in [-0.05, 0) is 81.8 Å². The second-order valence-electron chi connectivity index (χ2n) is 9.98. The van der Waals surface area contributed by atoms with Gasteiger partial charge in [-0.2, -0.15) is 0 Å². The number of hydrogen-bond donors (Lipinski definition) is 0. The number of hydrogen-bond acceptors (Lipinski definition) is 4. The van der Waals surface area contributed by atoms with Gasteiger partial charge in [0.1, 0.15) is 23.8 Å². The Morgan fingerprint density at radius 1 is 0.450 bits per heavy atom. The Labute approximate surface area is 235 Å². The van der Waals surface area contributed by atoms with E-state index in [2.05, 4.69) is 73.3 Å². The van der Waals surface area contributed by atoms with Crippen molar-refractivity contribution in [3.05, 3.63) is 127 Å². The molecule has 4 nitrogen and oxygen atoms in total. The number of rotatable bonds is 10. The normalized spacial score (nSPS) is 11.8. The fraction of sp³-hybridized carbons (Fsp3) is 0.167. The fourth-order valence-corrected chi connectivity index (χ4v) is 5.11. The van der Waals surface area contributed by atoms with Gasteiger partial charge in [-0.15, -0.1) is 0 Å². The number of nitrogens with zero attached hydrogens (tertiary/aromatic N) is 1. The first kappa shape index (κ1) is 25.7.